The highest BCUT2D eigenvalue weighted by Crippen LogP contribution is 2.49. The Labute approximate surface area is 166 Å². The molecule has 1 heterocycles. The predicted octanol–water partition coefficient (Wildman–Crippen LogP) is 4.90. The lowest BCUT2D eigenvalue weighted by Gasteiger charge is -2.36. The largest absolute Gasteiger partial charge is 0.456 e. The first-order valence-corrected chi connectivity index (χ1v) is 9.83. The SMILES string of the molecule is CC1C=C(C(N)OC(N)c2cccc3c2Oc2ccccc2C3(C)C)C=CC1. The molecule has 0 spiro atoms. The van der Waals surface area contributed by atoms with Crippen LogP contribution in [0.5, 0.6) is 11.5 Å². The average molecular weight is 377 g/mol. The van der Waals surface area contributed by atoms with Crippen molar-refractivity contribution in [2.24, 2.45) is 17.4 Å². The van der Waals surface area contributed by atoms with Gasteiger partial charge in [-0.3, -0.25) is 0 Å². The van der Waals surface area contributed by atoms with Gasteiger partial charge in [-0.25, -0.2) is 0 Å². The van der Waals surface area contributed by atoms with Crippen LogP contribution >= 0.6 is 0 Å². The number of benzene rings is 2. The number of hydrogen-bond acceptors (Lipinski definition) is 4. The van der Waals surface area contributed by atoms with Gasteiger partial charge in [0, 0.05) is 22.1 Å². The normalized spacial score (nSPS) is 21.8. The molecule has 0 amide bonds. The molecule has 3 unspecified atom stereocenters. The summed E-state index contributed by atoms with van der Waals surface area (Å²) in [5.74, 6) is 2.08. The highest BCUT2D eigenvalue weighted by molar-refractivity contribution is 5.59. The summed E-state index contributed by atoms with van der Waals surface area (Å²) in [6.07, 6.45) is 6.06. The van der Waals surface area contributed by atoms with Crippen molar-refractivity contribution in [3.8, 4) is 11.5 Å². The molecule has 3 atom stereocenters. The Morgan fingerprint density at radius 2 is 1.79 bits per heavy atom. The summed E-state index contributed by atoms with van der Waals surface area (Å²) in [4.78, 5) is 0. The van der Waals surface area contributed by atoms with E-state index in [4.69, 9.17) is 20.9 Å². The van der Waals surface area contributed by atoms with E-state index in [9.17, 15) is 0 Å². The lowest BCUT2D eigenvalue weighted by atomic mass is 9.75. The molecule has 146 valence electrons. The summed E-state index contributed by atoms with van der Waals surface area (Å²) < 4.78 is 12.3. The summed E-state index contributed by atoms with van der Waals surface area (Å²) in [6, 6.07) is 14.2. The van der Waals surface area contributed by atoms with Crippen molar-refractivity contribution < 1.29 is 9.47 Å². The van der Waals surface area contributed by atoms with Crippen LogP contribution in [-0.2, 0) is 10.2 Å². The topological polar surface area (TPSA) is 70.5 Å². The molecule has 4 nitrogen and oxygen atoms in total. The summed E-state index contributed by atoms with van der Waals surface area (Å²) in [7, 11) is 0. The molecule has 0 saturated heterocycles. The van der Waals surface area contributed by atoms with E-state index in [0.29, 0.717) is 5.92 Å². The summed E-state index contributed by atoms with van der Waals surface area (Å²) in [5, 5.41) is 0. The number of allylic oxidation sites excluding steroid dienone is 2. The lowest BCUT2D eigenvalue weighted by molar-refractivity contribution is 0.0133. The predicted molar refractivity (Wildman–Crippen MR) is 112 cm³/mol. The van der Waals surface area contributed by atoms with Gasteiger partial charge in [0.05, 0.1) is 0 Å². The van der Waals surface area contributed by atoms with E-state index in [-0.39, 0.29) is 5.41 Å². The third-order valence-corrected chi connectivity index (χ3v) is 5.71. The van der Waals surface area contributed by atoms with Gasteiger partial charge >= 0.3 is 0 Å². The first-order chi connectivity index (χ1) is 13.4. The molecule has 0 saturated carbocycles. The van der Waals surface area contributed by atoms with Crippen LogP contribution in [0.3, 0.4) is 0 Å². The minimum Gasteiger partial charge on any atom is -0.456 e. The average Bonchev–Trinajstić information content (AvgIpc) is 2.67. The molecule has 2 aromatic rings. The van der Waals surface area contributed by atoms with Crippen LogP contribution < -0.4 is 16.2 Å². The lowest BCUT2D eigenvalue weighted by Crippen LogP contribution is -2.32. The van der Waals surface area contributed by atoms with Gasteiger partial charge in [0.2, 0.25) is 0 Å². The zero-order chi connectivity index (χ0) is 19.9. The van der Waals surface area contributed by atoms with Gasteiger partial charge in [0.15, 0.2) is 0 Å². The van der Waals surface area contributed by atoms with Crippen LogP contribution in [0, 0.1) is 5.92 Å². The number of hydrogen-bond donors (Lipinski definition) is 2. The Kier molecular flexibility index (Phi) is 4.88. The Balaban J connectivity index is 1.65. The van der Waals surface area contributed by atoms with Crippen LogP contribution in [0.15, 0.2) is 66.3 Å². The van der Waals surface area contributed by atoms with Crippen LogP contribution in [-0.4, -0.2) is 6.23 Å². The zero-order valence-electron chi connectivity index (χ0n) is 16.7. The van der Waals surface area contributed by atoms with E-state index in [1.54, 1.807) is 0 Å². The molecule has 4 N–H and O–H groups in total. The van der Waals surface area contributed by atoms with Crippen molar-refractivity contribution in [2.75, 3.05) is 0 Å². The second kappa shape index (κ2) is 7.21. The Morgan fingerprint density at radius 1 is 1.04 bits per heavy atom. The van der Waals surface area contributed by atoms with Crippen molar-refractivity contribution in [3.63, 3.8) is 0 Å². The zero-order valence-corrected chi connectivity index (χ0v) is 16.7. The number of ether oxygens (including phenoxy) is 2. The van der Waals surface area contributed by atoms with Gasteiger partial charge in [-0.1, -0.05) is 75.4 Å². The summed E-state index contributed by atoms with van der Waals surface area (Å²) in [6.45, 7) is 6.57. The van der Waals surface area contributed by atoms with Crippen LogP contribution in [0.25, 0.3) is 0 Å². The fraction of sp³-hybridized carbons (Fsp3) is 0.333. The molecule has 28 heavy (non-hydrogen) atoms. The highest BCUT2D eigenvalue weighted by Gasteiger charge is 2.36. The van der Waals surface area contributed by atoms with Crippen molar-refractivity contribution in [1.29, 1.82) is 0 Å². The molecule has 0 fully saturated rings. The van der Waals surface area contributed by atoms with E-state index >= 15 is 0 Å². The Hall–Kier alpha value is -2.40. The minimum atomic E-state index is -0.683. The maximum Gasteiger partial charge on any atom is 0.138 e. The van der Waals surface area contributed by atoms with Crippen molar-refractivity contribution >= 4 is 0 Å². The third-order valence-electron chi connectivity index (χ3n) is 5.71. The van der Waals surface area contributed by atoms with Crippen molar-refractivity contribution in [3.05, 3.63) is 83.0 Å². The fourth-order valence-corrected chi connectivity index (χ4v) is 4.08. The highest BCUT2D eigenvalue weighted by atomic mass is 16.5. The maximum atomic E-state index is 6.44. The molecular weight excluding hydrogens is 348 g/mol. The molecular formula is C24H28N2O2. The smallest absolute Gasteiger partial charge is 0.138 e. The molecule has 1 aliphatic carbocycles. The van der Waals surface area contributed by atoms with Crippen LogP contribution in [0.4, 0.5) is 0 Å². The number of nitrogens with two attached hydrogens (primary N) is 2. The molecule has 0 aromatic heterocycles. The second-order valence-corrected chi connectivity index (χ2v) is 8.21. The van der Waals surface area contributed by atoms with Gasteiger partial charge in [-0.05, 0) is 24.0 Å². The summed E-state index contributed by atoms with van der Waals surface area (Å²) >= 11 is 0. The number of para-hydroxylation sites is 2. The van der Waals surface area contributed by atoms with E-state index in [0.717, 1.165) is 40.2 Å². The van der Waals surface area contributed by atoms with E-state index in [2.05, 4.69) is 45.1 Å². The Bertz CT molecular complexity index is 945. The van der Waals surface area contributed by atoms with Gasteiger partial charge in [0.1, 0.15) is 24.0 Å². The van der Waals surface area contributed by atoms with E-state index in [1.807, 2.05) is 36.4 Å². The Morgan fingerprint density at radius 3 is 2.57 bits per heavy atom. The van der Waals surface area contributed by atoms with Gasteiger partial charge < -0.3 is 20.9 Å². The van der Waals surface area contributed by atoms with Crippen molar-refractivity contribution in [1.82, 2.24) is 0 Å². The third kappa shape index (κ3) is 3.28. The standard InChI is InChI=1S/C24H28N2O2/c1-15-8-6-9-16(14-15)22(25)28-23(26)17-10-7-12-19-21(17)27-20-13-5-4-11-18(20)24(19,2)3/h4-7,9-15,22-23H,8,25-26H2,1-3H3. The first-order valence-electron chi connectivity index (χ1n) is 9.83. The second-order valence-electron chi connectivity index (χ2n) is 8.21. The number of fused-ring (bicyclic) bond motifs is 2. The molecule has 1 aliphatic heterocycles. The first kappa shape index (κ1) is 18.9. The van der Waals surface area contributed by atoms with E-state index < -0.39 is 12.5 Å². The molecule has 2 aromatic carbocycles. The van der Waals surface area contributed by atoms with E-state index in [1.165, 1.54) is 0 Å². The van der Waals surface area contributed by atoms with Gasteiger partial charge in [-0.2, -0.15) is 0 Å². The quantitative estimate of drug-likeness (QED) is 0.745. The maximum absolute atomic E-state index is 6.44. The molecule has 0 bridgehead atoms. The fourth-order valence-electron chi connectivity index (χ4n) is 4.08. The van der Waals surface area contributed by atoms with Crippen LogP contribution in [0.1, 0.15) is 50.1 Å². The minimum absolute atomic E-state index is 0.188. The van der Waals surface area contributed by atoms with Gasteiger partial charge in [0.25, 0.3) is 0 Å². The molecule has 0 radical (unpaired) electrons. The van der Waals surface area contributed by atoms with Crippen molar-refractivity contribution in [2.45, 2.75) is 45.1 Å². The van der Waals surface area contributed by atoms with Crippen LogP contribution in [0.2, 0.25) is 0 Å². The number of rotatable bonds is 4. The monoisotopic (exact) mass is 376 g/mol. The molecule has 4 rings (SSSR count). The molecule has 2 aliphatic rings. The molecule has 4 heteroatoms. The summed E-state index contributed by atoms with van der Waals surface area (Å²) in [5.41, 5.74) is 16.6. The van der Waals surface area contributed by atoms with Gasteiger partial charge in [-0.15, -0.1) is 0 Å².